The molecule has 11 heteroatoms. The number of hydrogen-bond acceptors (Lipinski definition) is 6. The number of imide groups is 1. The van der Waals surface area contributed by atoms with Crippen molar-refractivity contribution in [2.75, 3.05) is 5.43 Å². The number of hydrazine groups is 1. The third kappa shape index (κ3) is 3.05. The SMILES string of the molecule is CCc1nc(NN2C(=O)C=C(C)C2=O)nc(C(F)(F)F)c1C(=O)O. The van der Waals surface area contributed by atoms with Crippen LogP contribution in [0, 0.1) is 0 Å². The van der Waals surface area contributed by atoms with E-state index in [1.165, 1.54) is 13.8 Å². The molecule has 0 aliphatic carbocycles. The zero-order valence-electron chi connectivity index (χ0n) is 12.4. The number of halogens is 3. The third-order valence-corrected chi connectivity index (χ3v) is 3.11. The minimum atomic E-state index is -5.05. The molecule has 0 spiro atoms. The Kier molecular flexibility index (Phi) is 4.28. The van der Waals surface area contributed by atoms with Gasteiger partial charge in [-0.1, -0.05) is 6.92 Å². The normalized spacial score (nSPS) is 14.9. The smallest absolute Gasteiger partial charge is 0.434 e. The van der Waals surface area contributed by atoms with Crippen LogP contribution >= 0.6 is 0 Å². The predicted molar refractivity (Wildman–Crippen MR) is 72.6 cm³/mol. The van der Waals surface area contributed by atoms with E-state index in [1.54, 1.807) is 0 Å². The van der Waals surface area contributed by atoms with Crippen molar-refractivity contribution < 1.29 is 32.7 Å². The average molecular weight is 344 g/mol. The Morgan fingerprint density at radius 1 is 1.33 bits per heavy atom. The van der Waals surface area contributed by atoms with Gasteiger partial charge < -0.3 is 5.11 Å². The van der Waals surface area contributed by atoms with Crippen LogP contribution in [-0.4, -0.2) is 37.9 Å². The zero-order valence-corrected chi connectivity index (χ0v) is 12.4. The Bertz CT molecular complexity index is 773. The van der Waals surface area contributed by atoms with E-state index in [-0.39, 0.29) is 17.7 Å². The lowest BCUT2D eigenvalue weighted by atomic mass is 10.1. The van der Waals surface area contributed by atoms with Crippen LogP contribution in [0.2, 0.25) is 0 Å². The lowest BCUT2D eigenvalue weighted by Gasteiger charge is -2.18. The van der Waals surface area contributed by atoms with Crippen molar-refractivity contribution >= 4 is 23.7 Å². The molecule has 0 radical (unpaired) electrons. The molecule has 2 N–H and O–H groups in total. The molecule has 0 aromatic carbocycles. The number of carboxylic acids is 1. The molecule has 8 nitrogen and oxygen atoms in total. The number of anilines is 1. The molecule has 2 amide bonds. The van der Waals surface area contributed by atoms with Crippen LogP contribution in [0.25, 0.3) is 0 Å². The van der Waals surface area contributed by atoms with E-state index in [4.69, 9.17) is 5.11 Å². The Balaban J connectivity index is 2.51. The monoisotopic (exact) mass is 344 g/mol. The van der Waals surface area contributed by atoms with Gasteiger partial charge in [-0.25, -0.2) is 14.8 Å². The van der Waals surface area contributed by atoms with Crippen molar-refractivity contribution in [3.63, 3.8) is 0 Å². The number of aromatic carboxylic acids is 1. The number of carbonyl (C=O) groups is 3. The van der Waals surface area contributed by atoms with Crippen molar-refractivity contribution in [2.24, 2.45) is 0 Å². The molecule has 1 aliphatic rings. The fourth-order valence-corrected chi connectivity index (χ4v) is 2.04. The highest BCUT2D eigenvalue weighted by Gasteiger charge is 2.40. The topological polar surface area (TPSA) is 112 Å². The number of carboxylic acid groups (broad SMARTS) is 1. The van der Waals surface area contributed by atoms with Gasteiger partial charge in [-0.15, -0.1) is 0 Å². The molecule has 0 atom stereocenters. The molecule has 1 aliphatic heterocycles. The number of alkyl halides is 3. The fraction of sp³-hybridized carbons (Fsp3) is 0.308. The second kappa shape index (κ2) is 5.91. The minimum absolute atomic E-state index is 0.0846. The van der Waals surface area contributed by atoms with Gasteiger partial charge in [0.2, 0.25) is 5.95 Å². The fourth-order valence-electron chi connectivity index (χ4n) is 2.04. The summed E-state index contributed by atoms with van der Waals surface area (Å²) >= 11 is 0. The first-order chi connectivity index (χ1) is 11.1. The number of amides is 2. The maximum atomic E-state index is 13.1. The van der Waals surface area contributed by atoms with E-state index in [0.29, 0.717) is 5.01 Å². The van der Waals surface area contributed by atoms with Gasteiger partial charge in [-0.05, 0) is 13.3 Å². The second-order valence-corrected chi connectivity index (χ2v) is 4.79. The van der Waals surface area contributed by atoms with E-state index >= 15 is 0 Å². The van der Waals surface area contributed by atoms with Crippen molar-refractivity contribution in [1.82, 2.24) is 15.0 Å². The van der Waals surface area contributed by atoms with E-state index in [1.807, 2.05) is 0 Å². The maximum Gasteiger partial charge on any atom is 0.434 e. The molecule has 1 aromatic rings. The molecule has 0 saturated heterocycles. The number of aryl methyl sites for hydroxylation is 1. The van der Waals surface area contributed by atoms with Gasteiger partial charge in [0.25, 0.3) is 11.8 Å². The number of nitrogens with one attached hydrogen (secondary N) is 1. The summed E-state index contributed by atoms with van der Waals surface area (Å²) < 4.78 is 39.3. The summed E-state index contributed by atoms with van der Waals surface area (Å²) in [5.41, 5.74) is -0.928. The summed E-state index contributed by atoms with van der Waals surface area (Å²) in [6, 6.07) is 0. The lowest BCUT2D eigenvalue weighted by molar-refractivity contribution is -0.141. The largest absolute Gasteiger partial charge is 0.478 e. The number of aromatic nitrogens is 2. The molecule has 2 rings (SSSR count). The summed E-state index contributed by atoms with van der Waals surface area (Å²) in [5.74, 6) is -4.09. The van der Waals surface area contributed by atoms with E-state index in [2.05, 4.69) is 15.4 Å². The van der Waals surface area contributed by atoms with Crippen molar-refractivity contribution in [3.8, 4) is 0 Å². The maximum absolute atomic E-state index is 13.1. The van der Waals surface area contributed by atoms with Crippen molar-refractivity contribution in [1.29, 1.82) is 0 Å². The van der Waals surface area contributed by atoms with Crippen LogP contribution in [0.4, 0.5) is 19.1 Å². The van der Waals surface area contributed by atoms with Crippen molar-refractivity contribution in [2.45, 2.75) is 26.4 Å². The molecular formula is C13H11F3N4O4. The minimum Gasteiger partial charge on any atom is -0.478 e. The average Bonchev–Trinajstić information content (AvgIpc) is 2.71. The molecular weight excluding hydrogens is 333 g/mol. The Labute approximate surface area is 133 Å². The number of carbonyl (C=O) groups excluding carboxylic acids is 2. The highest BCUT2D eigenvalue weighted by molar-refractivity contribution is 6.16. The number of nitrogens with zero attached hydrogens (tertiary/aromatic N) is 3. The number of hydrogen-bond donors (Lipinski definition) is 2. The van der Waals surface area contributed by atoms with Crippen LogP contribution in [0.3, 0.4) is 0 Å². The van der Waals surface area contributed by atoms with Gasteiger partial charge in [-0.3, -0.25) is 15.0 Å². The van der Waals surface area contributed by atoms with Crippen molar-refractivity contribution in [3.05, 3.63) is 28.6 Å². The van der Waals surface area contributed by atoms with Crippen LogP contribution < -0.4 is 5.43 Å². The summed E-state index contributed by atoms with van der Waals surface area (Å²) in [6.07, 6.45) is -4.18. The highest BCUT2D eigenvalue weighted by Crippen LogP contribution is 2.32. The van der Waals surface area contributed by atoms with Gasteiger partial charge in [-0.2, -0.15) is 18.2 Å². The quantitative estimate of drug-likeness (QED) is 0.794. The van der Waals surface area contributed by atoms with E-state index in [9.17, 15) is 27.6 Å². The van der Waals surface area contributed by atoms with E-state index in [0.717, 1.165) is 6.08 Å². The first kappa shape index (κ1) is 17.4. The first-order valence-corrected chi connectivity index (χ1v) is 6.61. The van der Waals surface area contributed by atoms with Crippen LogP contribution in [0.5, 0.6) is 0 Å². The van der Waals surface area contributed by atoms with Gasteiger partial charge >= 0.3 is 12.1 Å². The first-order valence-electron chi connectivity index (χ1n) is 6.61. The molecule has 0 fully saturated rings. The highest BCUT2D eigenvalue weighted by atomic mass is 19.4. The van der Waals surface area contributed by atoms with Gasteiger partial charge in [0.15, 0.2) is 5.69 Å². The predicted octanol–water partition coefficient (Wildman–Crippen LogP) is 1.40. The van der Waals surface area contributed by atoms with Crippen LogP contribution in [0.15, 0.2) is 11.6 Å². The summed E-state index contributed by atoms with van der Waals surface area (Å²) in [7, 11) is 0. The summed E-state index contributed by atoms with van der Waals surface area (Å²) in [6.45, 7) is 2.77. The van der Waals surface area contributed by atoms with Gasteiger partial charge in [0.05, 0.1) is 5.69 Å². The standard InChI is InChI=1S/C13H11F3N4O4/c1-3-6-8(11(23)24)9(13(14,15)16)18-12(17-6)19-20-7(21)4-5(2)10(20)22/h4H,3H2,1-2H3,(H,23,24)(H,17,18,19). The second-order valence-electron chi connectivity index (χ2n) is 4.79. The van der Waals surface area contributed by atoms with Crippen LogP contribution in [0.1, 0.15) is 35.6 Å². The lowest BCUT2D eigenvalue weighted by Crippen LogP contribution is -2.37. The molecule has 0 unspecified atom stereocenters. The van der Waals surface area contributed by atoms with Gasteiger partial charge in [0.1, 0.15) is 5.56 Å². The molecule has 0 bridgehead atoms. The Hall–Kier alpha value is -2.98. The summed E-state index contributed by atoms with van der Waals surface area (Å²) in [4.78, 5) is 41.3. The molecule has 24 heavy (non-hydrogen) atoms. The van der Waals surface area contributed by atoms with E-state index < -0.39 is 41.2 Å². The Morgan fingerprint density at radius 2 is 1.96 bits per heavy atom. The molecule has 2 heterocycles. The summed E-state index contributed by atoms with van der Waals surface area (Å²) in [5, 5.41) is 9.46. The third-order valence-electron chi connectivity index (χ3n) is 3.11. The van der Waals surface area contributed by atoms with Gasteiger partial charge in [0, 0.05) is 11.6 Å². The Morgan fingerprint density at radius 3 is 2.38 bits per heavy atom. The molecule has 0 saturated carbocycles. The number of rotatable bonds is 4. The van der Waals surface area contributed by atoms with Crippen LogP contribution in [-0.2, 0) is 22.2 Å². The zero-order chi connectivity index (χ0) is 18.2. The molecule has 1 aromatic heterocycles. The molecule has 128 valence electrons.